The third-order valence-corrected chi connectivity index (χ3v) is 5.75. The first-order valence-electron chi connectivity index (χ1n) is 10.1. The van der Waals surface area contributed by atoms with Gasteiger partial charge in [0.1, 0.15) is 12.1 Å². The summed E-state index contributed by atoms with van der Waals surface area (Å²) in [6, 6.07) is 4.31. The van der Waals surface area contributed by atoms with Crippen molar-refractivity contribution >= 4 is 5.82 Å². The maximum absolute atomic E-state index is 5.64. The quantitative estimate of drug-likeness (QED) is 0.819. The van der Waals surface area contributed by atoms with Crippen LogP contribution in [0.1, 0.15) is 62.1 Å². The molecule has 1 saturated heterocycles. The van der Waals surface area contributed by atoms with Gasteiger partial charge in [0.25, 0.3) is 0 Å². The molecule has 26 heavy (non-hydrogen) atoms. The molecule has 1 aliphatic heterocycles. The highest BCUT2D eigenvalue weighted by Gasteiger charge is 2.22. The van der Waals surface area contributed by atoms with E-state index in [1.807, 2.05) is 0 Å². The van der Waals surface area contributed by atoms with E-state index >= 15 is 0 Å². The van der Waals surface area contributed by atoms with Crippen molar-refractivity contribution in [1.29, 1.82) is 0 Å². The van der Waals surface area contributed by atoms with Crippen molar-refractivity contribution in [3.8, 4) is 0 Å². The van der Waals surface area contributed by atoms with Gasteiger partial charge in [-0.05, 0) is 19.3 Å². The van der Waals surface area contributed by atoms with Crippen LogP contribution >= 0.6 is 0 Å². The number of nitrogens with zero attached hydrogens (tertiary/aromatic N) is 5. The van der Waals surface area contributed by atoms with E-state index in [9.17, 15) is 0 Å². The molecular formula is C20H29N5O. The van der Waals surface area contributed by atoms with Crippen LogP contribution in [0.4, 0.5) is 5.82 Å². The Morgan fingerprint density at radius 1 is 1.04 bits per heavy atom. The van der Waals surface area contributed by atoms with Crippen molar-refractivity contribution in [3.63, 3.8) is 0 Å². The van der Waals surface area contributed by atoms with Crippen molar-refractivity contribution < 1.29 is 4.52 Å². The van der Waals surface area contributed by atoms with Crippen molar-refractivity contribution in [2.45, 2.75) is 57.9 Å². The van der Waals surface area contributed by atoms with Crippen molar-refractivity contribution in [2.75, 3.05) is 31.1 Å². The highest BCUT2D eigenvalue weighted by Crippen LogP contribution is 2.32. The average Bonchev–Trinajstić information content (AvgIpc) is 3.18. The van der Waals surface area contributed by atoms with Crippen molar-refractivity contribution in [3.05, 3.63) is 35.6 Å². The van der Waals surface area contributed by atoms with Crippen LogP contribution in [0.15, 0.2) is 23.0 Å². The molecule has 2 aliphatic rings. The van der Waals surface area contributed by atoms with Crippen molar-refractivity contribution in [2.24, 2.45) is 0 Å². The van der Waals surface area contributed by atoms with E-state index in [0.717, 1.165) is 56.4 Å². The smallest absolute Gasteiger partial charge is 0.150 e. The fourth-order valence-corrected chi connectivity index (χ4v) is 4.10. The van der Waals surface area contributed by atoms with E-state index in [1.165, 1.54) is 37.8 Å². The third-order valence-electron chi connectivity index (χ3n) is 5.75. The second kappa shape index (κ2) is 8.16. The Labute approximate surface area is 155 Å². The second-order valence-electron chi connectivity index (χ2n) is 7.54. The van der Waals surface area contributed by atoms with Crippen LogP contribution in [0.5, 0.6) is 0 Å². The highest BCUT2D eigenvalue weighted by atomic mass is 16.5. The SMILES string of the molecule is CCc1cc(N2CCN(Cc3cc(C4CCCCC4)no3)CC2)ncn1. The van der Waals surface area contributed by atoms with Gasteiger partial charge >= 0.3 is 0 Å². The third kappa shape index (κ3) is 4.06. The van der Waals surface area contributed by atoms with Gasteiger partial charge in [0.2, 0.25) is 0 Å². The average molecular weight is 355 g/mol. The maximum atomic E-state index is 5.64. The summed E-state index contributed by atoms with van der Waals surface area (Å²) < 4.78 is 5.64. The summed E-state index contributed by atoms with van der Waals surface area (Å²) >= 11 is 0. The molecule has 0 aromatic carbocycles. The first kappa shape index (κ1) is 17.5. The molecule has 2 fully saturated rings. The summed E-state index contributed by atoms with van der Waals surface area (Å²) in [7, 11) is 0. The fourth-order valence-electron chi connectivity index (χ4n) is 4.10. The van der Waals surface area contributed by atoms with E-state index in [2.05, 4.69) is 44.0 Å². The summed E-state index contributed by atoms with van der Waals surface area (Å²) in [4.78, 5) is 13.5. The zero-order chi connectivity index (χ0) is 17.8. The fraction of sp³-hybridized carbons (Fsp3) is 0.650. The number of piperazine rings is 1. The van der Waals surface area contributed by atoms with Crippen molar-refractivity contribution in [1.82, 2.24) is 20.0 Å². The van der Waals surface area contributed by atoms with Crippen LogP contribution in [-0.4, -0.2) is 46.2 Å². The van der Waals surface area contributed by atoms with E-state index < -0.39 is 0 Å². The number of aryl methyl sites for hydroxylation is 1. The number of anilines is 1. The Kier molecular flexibility index (Phi) is 5.48. The Balaban J connectivity index is 1.30. The summed E-state index contributed by atoms with van der Waals surface area (Å²) in [5.41, 5.74) is 2.28. The van der Waals surface area contributed by atoms with E-state index in [1.54, 1.807) is 6.33 Å². The first-order chi connectivity index (χ1) is 12.8. The maximum Gasteiger partial charge on any atom is 0.150 e. The number of hydrogen-bond donors (Lipinski definition) is 0. The number of rotatable bonds is 5. The molecule has 0 atom stereocenters. The Hall–Kier alpha value is -1.95. The molecule has 2 aromatic heterocycles. The summed E-state index contributed by atoms with van der Waals surface area (Å²) in [6.45, 7) is 7.00. The lowest BCUT2D eigenvalue weighted by Gasteiger charge is -2.34. The zero-order valence-electron chi connectivity index (χ0n) is 15.7. The van der Waals surface area contributed by atoms with Crippen LogP contribution in [0.3, 0.4) is 0 Å². The van der Waals surface area contributed by atoms with Gasteiger partial charge in [-0.15, -0.1) is 0 Å². The largest absolute Gasteiger partial charge is 0.360 e. The zero-order valence-corrected chi connectivity index (χ0v) is 15.7. The second-order valence-corrected chi connectivity index (χ2v) is 7.54. The number of hydrogen-bond acceptors (Lipinski definition) is 6. The standard InChI is InChI=1S/C20H29N5O/c1-2-17-12-20(22-15-21-17)25-10-8-24(9-11-25)14-18-13-19(23-26-18)16-6-4-3-5-7-16/h12-13,15-16H,2-11,14H2,1H3. The van der Waals surface area contributed by atoms with Gasteiger partial charge < -0.3 is 9.42 Å². The Morgan fingerprint density at radius 2 is 1.85 bits per heavy atom. The summed E-state index contributed by atoms with van der Waals surface area (Å²) in [6.07, 6.45) is 9.20. The molecule has 0 radical (unpaired) electrons. The van der Waals surface area contributed by atoms with Crippen LogP contribution in [0.2, 0.25) is 0 Å². The lowest BCUT2D eigenvalue weighted by molar-refractivity contribution is 0.218. The summed E-state index contributed by atoms with van der Waals surface area (Å²) in [5.74, 6) is 2.67. The van der Waals surface area contributed by atoms with E-state index in [0.29, 0.717) is 5.92 Å². The minimum absolute atomic E-state index is 0.614. The van der Waals surface area contributed by atoms with Crippen LogP contribution in [-0.2, 0) is 13.0 Å². The lowest BCUT2D eigenvalue weighted by Crippen LogP contribution is -2.46. The molecule has 0 spiro atoms. The Bertz CT molecular complexity index is 702. The number of aromatic nitrogens is 3. The predicted molar refractivity (Wildman–Crippen MR) is 101 cm³/mol. The van der Waals surface area contributed by atoms with Gasteiger partial charge in [-0.3, -0.25) is 4.90 Å². The minimum Gasteiger partial charge on any atom is -0.360 e. The predicted octanol–water partition coefficient (Wildman–Crippen LogP) is 3.40. The van der Waals surface area contributed by atoms with Gasteiger partial charge in [-0.25, -0.2) is 9.97 Å². The monoisotopic (exact) mass is 355 g/mol. The molecule has 140 valence electrons. The Morgan fingerprint density at radius 3 is 2.62 bits per heavy atom. The van der Waals surface area contributed by atoms with Gasteiger partial charge in [0, 0.05) is 49.9 Å². The molecule has 6 nitrogen and oxygen atoms in total. The van der Waals surface area contributed by atoms with E-state index in [4.69, 9.17) is 4.52 Å². The van der Waals surface area contributed by atoms with Crippen LogP contribution in [0.25, 0.3) is 0 Å². The molecule has 0 bridgehead atoms. The molecule has 2 aromatic rings. The van der Waals surface area contributed by atoms with Gasteiger partial charge in [0.05, 0.1) is 12.2 Å². The van der Waals surface area contributed by atoms with Gasteiger partial charge in [-0.1, -0.05) is 31.3 Å². The molecule has 1 saturated carbocycles. The van der Waals surface area contributed by atoms with E-state index in [-0.39, 0.29) is 0 Å². The molecule has 4 rings (SSSR count). The highest BCUT2D eigenvalue weighted by molar-refractivity contribution is 5.39. The summed E-state index contributed by atoms with van der Waals surface area (Å²) in [5, 5.41) is 4.36. The van der Waals surface area contributed by atoms with Gasteiger partial charge in [-0.2, -0.15) is 0 Å². The topological polar surface area (TPSA) is 58.3 Å². The van der Waals surface area contributed by atoms with Crippen LogP contribution < -0.4 is 4.90 Å². The molecule has 1 aliphatic carbocycles. The normalized spacial score (nSPS) is 19.8. The van der Waals surface area contributed by atoms with Crippen LogP contribution in [0, 0.1) is 0 Å². The molecule has 0 amide bonds. The first-order valence-corrected chi connectivity index (χ1v) is 10.1. The molecule has 3 heterocycles. The lowest BCUT2D eigenvalue weighted by atomic mass is 9.87. The molecular weight excluding hydrogens is 326 g/mol. The van der Waals surface area contributed by atoms with Gasteiger partial charge in [0.15, 0.2) is 5.76 Å². The molecule has 0 N–H and O–H groups in total. The molecule has 0 unspecified atom stereocenters. The molecule has 6 heteroatoms. The minimum atomic E-state index is 0.614.